The molecule has 9 heteroatoms. The summed E-state index contributed by atoms with van der Waals surface area (Å²) in [5.41, 5.74) is 0.275. The lowest BCUT2D eigenvalue weighted by atomic mass is 9.92. The van der Waals surface area contributed by atoms with Crippen molar-refractivity contribution in [2.24, 2.45) is 0 Å². The SMILES string of the molecule is CC(C)NC(=O)C(F)(F)c1ccc(-c2ccsc2)c(CC(=O)Cc2cccc(C(F)(F)F)c2)c1. The number of alkyl halides is 5. The molecule has 3 aromatic rings. The predicted molar refractivity (Wildman–Crippen MR) is 121 cm³/mol. The third kappa shape index (κ3) is 6.08. The average molecular weight is 496 g/mol. The number of halogens is 5. The zero-order valence-corrected chi connectivity index (χ0v) is 19.2. The third-order valence-electron chi connectivity index (χ3n) is 5.05. The zero-order chi connectivity index (χ0) is 25.1. The maximum Gasteiger partial charge on any atom is 0.416 e. The second-order valence-corrected chi connectivity index (χ2v) is 8.96. The standard InChI is InChI=1S/C25H22F5NO2S/c1-15(2)31-23(33)24(26,27)19-6-7-22(17-8-9-34-14-17)18(12-19)13-21(32)11-16-4-3-5-20(10-16)25(28,29)30/h3-10,12,14-15H,11,13H2,1-2H3,(H,31,33). The summed E-state index contributed by atoms with van der Waals surface area (Å²) < 4.78 is 68.5. The van der Waals surface area contributed by atoms with E-state index < -0.39 is 41.0 Å². The Bertz CT molecular complexity index is 1170. The van der Waals surface area contributed by atoms with Crippen LogP contribution in [0.25, 0.3) is 11.1 Å². The molecule has 0 saturated carbocycles. The summed E-state index contributed by atoms with van der Waals surface area (Å²) in [5, 5.41) is 5.77. The minimum Gasteiger partial charge on any atom is -0.348 e. The molecular weight excluding hydrogens is 473 g/mol. The molecule has 3 rings (SSSR count). The van der Waals surface area contributed by atoms with Crippen molar-refractivity contribution >= 4 is 23.0 Å². The minimum absolute atomic E-state index is 0.176. The number of nitrogens with one attached hydrogen (secondary N) is 1. The van der Waals surface area contributed by atoms with E-state index in [1.165, 1.54) is 29.5 Å². The van der Waals surface area contributed by atoms with Gasteiger partial charge in [-0.05, 0) is 65.1 Å². The number of hydrogen-bond donors (Lipinski definition) is 1. The van der Waals surface area contributed by atoms with Crippen LogP contribution in [0.5, 0.6) is 0 Å². The van der Waals surface area contributed by atoms with Crippen LogP contribution in [-0.2, 0) is 34.5 Å². The fraction of sp³-hybridized carbons (Fsp3) is 0.280. The minimum atomic E-state index is -4.54. The molecule has 1 N–H and O–H groups in total. The second-order valence-electron chi connectivity index (χ2n) is 8.18. The molecule has 0 aliphatic heterocycles. The molecule has 1 aromatic heterocycles. The third-order valence-corrected chi connectivity index (χ3v) is 5.73. The van der Waals surface area contributed by atoms with Gasteiger partial charge >= 0.3 is 12.1 Å². The predicted octanol–water partition coefficient (Wildman–Crippen LogP) is 6.40. The maximum absolute atomic E-state index is 14.8. The molecule has 1 amide bonds. The first-order valence-corrected chi connectivity index (χ1v) is 11.3. The monoisotopic (exact) mass is 495 g/mol. The topological polar surface area (TPSA) is 46.2 Å². The van der Waals surface area contributed by atoms with E-state index in [0.29, 0.717) is 11.1 Å². The molecule has 0 bridgehead atoms. The van der Waals surface area contributed by atoms with E-state index in [2.05, 4.69) is 5.32 Å². The second kappa shape index (κ2) is 10.0. The lowest BCUT2D eigenvalue weighted by Gasteiger charge is -2.20. The Morgan fingerprint density at radius 2 is 1.68 bits per heavy atom. The highest BCUT2D eigenvalue weighted by Gasteiger charge is 2.41. The Morgan fingerprint density at radius 1 is 0.941 bits per heavy atom. The van der Waals surface area contributed by atoms with Gasteiger partial charge in [0, 0.05) is 24.4 Å². The molecular formula is C25H22F5NO2S. The van der Waals surface area contributed by atoms with Gasteiger partial charge < -0.3 is 5.32 Å². The number of rotatable bonds is 8. The normalized spacial score (nSPS) is 12.1. The van der Waals surface area contributed by atoms with Crippen molar-refractivity contribution in [2.75, 3.05) is 0 Å². The molecule has 0 aliphatic rings. The number of benzene rings is 2. The number of Topliss-reactive ketones (excluding diaryl/α,β-unsaturated/α-hetero) is 1. The van der Waals surface area contributed by atoms with Gasteiger partial charge in [0.2, 0.25) is 0 Å². The maximum atomic E-state index is 14.8. The molecule has 34 heavy (non-hydrogen) atoms. The molecule has 0 unspecified atom stereocenters. The summed E-state index contributed by atoms with van der Waals surface area (Å²) in [4.78, 5) is 24.8. The summed E-state index contributed by atoms with van der Waals surface area (Å²) in [5.74, 6) is -5.72. The molecule has 0 radical (unpaired) electrons. The van der Waals surface area contributed by atoms with Crippen LogP contribution in [0.15, 0.2) is 59.3 Å². The largest absolute Gasteiger partial charge is 0.416 e. The van der Waals surface area contributed by atoms with Crippen molar-refractivity contribution in [2.45, 2.75) is 44.8 Å². The van der Waals surface area contributed by atoms with Crippen LogP contribution in [0.3, 0.4) is 0 Å². The average Bonchev–Trinajstić information content (AvgIpc) is 3.27. The highest BCUT2D eigenvalue weighted by Crippen LogP contribution is 2.34. The summed E-state index contributed by atoms with van der Waals surface area (Å²) in [6, 6.07) is 9.42. The van der Waals surface area contributed by atoms with Crippen LogP contribution >= 0.6 is 11.3 Å². The Morgan fingerprint density at radius 3 is 2.29 bits per heavy atom. The van der Waals surface area contributed by atoms with Gasteiger partial charge in [-0.2, -0.15) is 33.3 Å². The number of thiophene rings is 1. The molecule has 180 valence electrons. The molecule has 0 saturated heterocycles. The van der Waals surface area contributed by atoms with Crippen LogP contribution in [0.2, 0.25) is 0 Å². The van der Waals surface area contributed by atoms with Crippen LogP contribution in [-0.4, -0.2) is 17.7 Å². The van der Waals surface area contributed by atoms with Gasteiger partial charge in [-0.15, -0.1) is 0 Å². The van der Waals surface area contributed by atoms with Crippen LogP contribution in [0, 0.1) is 0 Å². The van der Waals surface area contributed by atoms with Crippen LogP contribution in [0.4, 0.5) is 22.0 Å². The number of hydrogen-bond acceptors (Lipinski definition) is 3. The summed E-state index contributed by atoms with van der Waals surface area (Å²) in [6.45, 7) is 3.12. The molecule has 2 aromatic carbocycles. The lowest BCUT2D eigenvalue weighted by molar-refractivity contribution is -0.147. The van der Waals surface area contributed by atoms with Gasteiger partial charge in [0.05, 0.1) is 5.56 Å². The van der Waals surface area contributed by atoms with Gasteiger partial charge in [0.1, 0.15) is 5.78 Å². The van der Waals surface area contributed by atoms with Crippen molar-refractivity contribution in [3.8, 4) is 11.1 Å². The van der Waals surface area contributed by atoms with Gasteiger partial charge in [0.25, 0.3) is 5.91 Å². The van der Waals surface area contributed by atoms with E-state index in [9.17, 15) is 31.5 Å². The number of amides is 1. The quantitative estimate of drug-likeness (QED) is 0.368. The Kier molecular flexibility index (Phi) is 7.55. The van der Waals surface area contributed by atoms with E-state index in [-0.39, 0.29) is 24.0 Å². The van der Waals surface area contributed by atoms with E-state index in [1.54, 1.807) is 30.7 Å². The molecule has 0 spiro atoms. The summed E-state index contributed by atoms with van der Waals surface area (Å²) in [6.07, 6.45) is -5.11. The first-order chi connectivity index (χ1) is 15.9. The van der Waals surface area contributed by atoms with Crippen LogP contribution < -0.4 is 5.32 Å². The molecule has 0 atom stereocenters. The first kappa shape index (κ1) is 25.6. The van der Waals surface area contributed by atoms with Crippen molar-refractivity contribution in [1.82, 2.24) is 5.32 Å². The van der Waals surface area contributed by atoms with Gasteiger partial charge in [-0.1, -0.05) is 30.3 Å². The van der Waals surface area contributed by atoms with E-state index in [1.807, 2.05) is 0 Å². The van der Waals surface area contributed by atoms with Gasteiger partial charge in [-0.25, -0.2) is 0 Å². The summed E-state index contributed by atoms with van der Waals surface area (Å²) in [7, 11) is 0. The molecule has 0 fully saturated rings. The Hall–Kier alpha value is -3.07. The van der Waals surface area contributed by atoms with E-state index in [4.69, 9.17) is 0 Å². The summed E-state index contributed by atoms with van der Waals surface area (Å²) >= 11 is 1.39. The van der Waals surface area contributed by atoms with Gasteiger partial charge in [-0.3, -0.25) is 9.59 Å². The number of ketones is 1. The highest BCUT2D eigenvalue weighted by atomic mass is 32.1. The van der Waals surface area contributed by atoms with E-state index >= 15 is 0 Å². The fourth-order valence-electron chi connectivity index (χ4n) is 3.48. The van der Waals surface area contributed by atoms with Crippen molar-refractivity contribution in [3.63, 3.8) is 0 Å². The zero-order valence-electron chi connectivity index (χ0n) is 18.4. The molecule has 3 nitrogen and oxygen atoms in total. The smallest absolute Gasteiger partial charge is 0.348 e. The van der Waals surface area contributed by atoms with Crippen molar-refractivity contribution in [1.29, 1.82) is 0 Å². The van der Waals surface area contributed by atoms with E-state index in [0.717, 1.165) is 24.3 Å². The molecule has 0 aliphatic carbocycles. The van der Waals surface area contributed by atoms with Crippen LogP contribution in [0.1, 0.15) is 36.1 Å². The Balaban J connectivity index is 1.92. The van der Waals surface area contributed by atoms with Crippen molar-refractivity contribution in [3.05, 3.63) is 81.5 Å². The number of carbonyl (C=O) groups excluding carboxylic acids is 2. The fourth-order valence-corrected chi connectivity index (χ4v) is 4.13. The highest BCUT2D eigenvalue weighted by molar-refractivity contribution is 7.08. The van der Waals surface area contributed by atoms with Crippen molar-refractivity contribution < 1.29 is 31.5 Å². The van der Waals surface area contributed by atoms with Gasteiger partial charge in [0.15, 0.2) is 0 Å². The number of carbonyl (C=O) groups is 2. The first-order valence-electron chi connectivity index (χ1n) is 10.4. The lowest BCUT2D eigenvalue weighted by Crippen LogP contribution is -2.41. The Labute approximate surface area is 197 Å². The molecule has 1 heterocycles.